The van der Waals surface area contributed by atoms with Gasteiger partial charge >= 0.3 is 0 Å². The zero-order valence-corrected chi connectivity index (χ0v) is 9.61. The van der Waals surface area contributed by atoms with Gasteiger partial charge in [-0.1, -0.05) is 19.9 Å². The van der Waals surface area contributed by atoms with Gasteiger partial charge in [-0.25, -0.2) is 0 Å². The van der Waals surface area contributed by atoms with Crippen molar-refractivity contribution in [3.63, 3.8) is 0 Å². The van der Waals surface area contributed by atoms with Crippen molar-refractivity contribution in [1.29, 1.82) is 0 Å². The van der Waals surface area contributed by atoms with E-state index in [1.54, 1.807) is 26.2 Å². The lowest BCUT2D eigenvalue weighted by Crippen LogP contribution is -2.21. The van der Waals surface area contributed by atoms with E-state index in [0.717, 1.165) is 5.56 Å². The van der Waals surface area contributed by atoms with Crippen LogP contribution in [0.2, 0.25) is 0 Å². The number of phenolic OH excluding ortho intramolecular Hbond substituents is 1. The Hall–Kier alpha value is -1.51. The van der Waals surface area contributed by atoms with Gasteiger partial charge in [0.15, 0.2) is 0 Å². The highest BCUT2D eigenvalue weighted by Gasteiger charge is 2.12. The molecule has 1 rings (SSSR count). The zero-order chi connectivity index (χ0) is 11.6. The molecule has 0 aliphatic carbocycles. The molecule has 0 radical (unpaired) electrons. The molecule has 0 saturated heterocycles. The Morgan fingerprint density at radius 1 is 1.33 bits per heavy atom. The van der Waals surface area contributed by atoms with Crippen molar-refractivity contribution < 1.29 is 9.90 Å². The van der Waals surface area contributed by atoms with Crippen LogP contribution in [0.5, 0.6) is 5.75 Å². The van der Waals surface area contributed by atoms with E-state index in [2.05, 4.69) is 0 Å². The normalized spacial score (nSPS) is 10.5. The topological polar surface area (TPSA) is 40.5 Å². The first-order chi connectivity index (χ1) is 6.93. The highest BCUT2D eigenvalue weighted by Crippen LogP contribution is 2.26. The molecule has 82 valence electrons. The van der Waals surface area contributed by atoms with Crippen LogP contribution in [0.1, 0.15) is 35.7 Å². The SMILES string of the molecule is CC(C)c1ccc(C(=O)N(C)C)cc1O. The van der Waals surface area contributed by atoms with Crippen molar-refractivity contribution in [2.24, 2.45) is 0 Å². The summed E-state index contributed by atoms with van der Waals surface area (Å²) in [5.74, 6) is 0.354. The second-order valence-corrected chi connectivity index (χ2v) is 4.13. The number of hydrogen-bond donors (Lipinski definition) is 1. The first-order valence-electron chi connectivity index (χ1n) is 4.98. The fourth-order valence-corrected chi connectivity index (χ4v) is 1.42. The predicted molar refractivity (Wildman–Crippen MR) is 60.2 cm³/mol. The van der Waals surface area contributed by atoms with Crippen LogP contribution in [0.3, 0.4) is 0 Å². The molecule has 0 fully saturated rings. The van der Waals surface area contributed by atoms with E-state index < -0.39 is 0 Å². The minimum absolute atomic E-state index is 0.0967. The van der Waals surface area contributed by atoms with Crippen molar-refractivity contribution in [3.8, 4) is 5.75 Å². The molecule has 0 unspecified atom stereocenters. The molecule has 1 aromatic carbocycles. The lowest BCUT2D eigenvalue weighted by Gasteiger charge is -2.13. The molecule has 0 saturated carbocycles. The lowest BCUT2D eigenvalue weighted by molar-refractivity contribution is 0.0827. The van der Waals surface area contributed by atoms with E-state index in [9.17, 15) is 9.90 Å². The molecule has 0 heterocycles. The maximum atomic E-state index is 11.6. The fraction of sp³-hybridized carbons (Fsp3) is 0.417. The third-order valence-corrected chi connectivity index (χ3v) is 2.31. The monoisotopic (exact) mass is 207 g/mol. The van der Waals surface area contributed by atoms with Crippen LogP contribution in [0.25, 0.3) is 0 Å². The molecule has 0 aliphatic heterocycles. The van der Waals surface area contributed by atoms with Gasteiger partial charge in [0.1, 0.15) is 5.75 Å². The summed E-state index contributed by atoms with van der Waals surface area (Å²) in [6, 6.07) is 5.08. The molecule has 15 heavy (non-hydrogen) atoms. The van der Waals surface area contributed by atoms with Gasteiger partial charge in [-0.3, -0.25) is 4.79 Å². The number of carbonyl (C=O) groups is 1. The summed E-state index contributed by atoms with van der Waals surface area (Å²) in [6.45, 7) is 4.00. The first kappa shape index (κ1) is 11.6. The number of nitrogens with zero attached hydrogens (tertiary/aromatic N) is 1. The first-order valence-corrected chi connectivity index (χ1v) is 4.98. The van der Waals surface area contributed by atoms with Crippen molar-refractivity contribution in [1.82, 2.24) is 4.90 Å². The lowest BCUT2D eigenvalue weighted by atomic mass is 10.00. The highest BCUT2D eigenvalue weighted by atomic mass is 16.3. The number of amides is 1. The Balaban J connectivity index is 3.07. The van der Waals surface area contributed by atoms with E-state index in [-0.39, 0.29) is 17.6 Å². The molecule has 3 nitrogen and oxygen atoms in total. The largest absolute Gasteiger partial charge is 0.508 e. The average Bonchev–Trinajstić information content (AvgIpc) is 2.15. The molecule has 1 aromatic rings. The van der Waals surface area contributed by atoms with Gasteiger partial charge in [-0.05, 0) is 23.6 Å². The average molecular weight is 207 g/mol. The Morgan fingerprint density at radius 3 is 2.33 bits per heavy atom. The van der Waals surface area contributed by atoms with Crippen LogP contribution in [0, 0.1) is 0 Å². The molecule has 1 N–H and O–H groups in total. The van der Waals surface area contributed by atoms with Gasteiger partial charge in [0.25, 0.3) is 5.91 Å². The zero-order valence-electron chi connectivity index (χ0n) is 9.61. The molecule has 0 atom stereocenters. The van der Waals surface area contributed by atoms with Crippen LogP contribution in [0.4, 0.5) is 0 Å². The number of carbonyl (C=O) groups excluding carboxylic acids is 1. The third kappa shape index (κ3) is 2.49. The van der Waals surface area contributed by atoms with E-state index >= 15 is 0 Å². The van der Waals surface area contributed by atoms with Gasteiger partial charge in [0.2, 0.25) is 0 Å². The molecular weight excluding hydrogens is 190 g/mol. The van der Waals surface area contributed by atoms with E-state index in [1.165, 1.54) is 11.0 Å². The summed E-state index contributed by atoms with van der Waals surface area (Å²) in [5.41, 5.74) is 1.38. The van der Waals surface area contributed by atoms with E-state index in [4.69, 9.17) is 0 Å². The number of phenols is 1. The summed E-state index contributed by atoms with van der Waals surface area (Å²) in [5, 5.41) is 9.72. The van der Waals surface area contributed by atoms with Gasteiger partial charge in [-0.15, -0.1) is 0 Å². The number of benzene rings is 1. The molecule has 3 heteroatoms. The molecule has 0 spiro atoms. The standard InChI is InChI=1S/C12H17NO2/c1-8(2)10-6-5-9(7-11(10)14)12(15)13(3)4/h5-8,14H,1-4H3. The Bertz CT molecular complexity index is 370. The smallest absolute Gasteiger partial charge is 0.253 e. The van der Waals surface area contributed by atoms with Crippen molar-refractivity contribution in [2.45, 2.75) is 19.8 Å². The van der Waals surface area contributed by atoms with Crippen LogP contribution in [0.15, 0.2) is 18.2 Å². The minimum atomic E-state index is -0.0967. The molecule has 0 bridgehead atoms. The Morgan fingerprint density at radius 2 is 1.93 bits per heavy atom. The van der Waals surface area contributed by atoms with Crippen LogP contribution < -0.4 is 0 Å². The maximum Gasteiger partial charge on any atom is 0.253 e. The van der Waals surface area contributed by atoms with Crippen LogP contribution in [-0.2, 0) is 0 Å². The van der Waals surface area contributed by atoms with E-state index in [1.807, 2.05) is 13.8 Å². The maximum absolute atomic E-state index is 11.6. The van der Waals surface area contributed by atoms with Gasteiger partial charge < -0.3 is 10.0 Å². The van der Waals surface area contributed by atoms with Crippen molar-refractivity contribution in [3.05, 3.63) is 29.3 Å². The second kappa shape index (κ2) is 4.34. The van der Waals surface area contributed by atoms with Gasteiger partial charge in [-0.2, -0.15) is 0 Å². The van der Waals surface area contributed by atoms with Crippen LogP contribution >= 0.6 is 0 Å². The van der Waals surface area contributed by atoms with Crippen molar-refractivity contribution in [2.75, 3.05) is 14.1 Å². The van der Waals surface area contributed by atoms with Crippen LogP contribution in [-0.4, -0.2) is 30.0 Å². The van der Waals surface area contributed by atoms with Gasteiger partial charge in [0.05, 0.1) is 0 Å². The quantitative estimate of drug-likeness (QED) is 0.807. The molecule has 1 amide bonds. The highest BCUT2D eigenvalue weighted by molar-refractivity contribution is 5.94. The Labute approximate surface area is 90.3 Å². The second-order valence-electron chi connectivity index (χ2n) is 4.13. The summed E-state index contributed by atoms with van der Waals surface area (Å²) in [4.78, 5) is 13.1. The summed E-state index contributed by atoms with van der Waals surface area (Å²) in [6.07, 6.45) is 0. The van der Waals surface area contributed by atoms with E-state index in [0.29, 0.717) is 5.56 Å². The molecular formula is C12H17NO2. The minimum Gasteiger partial charge on any atom is -0.508 e. The summed E-state index contributed by atoms with van der Waals surface area (Å²) < 4.78 is 0. The number of rotatable bonds is 2. The number of hydrogen-bond acceptors (Lipinski definition) is 2. The molecule has 0 aliphatic rings. The van der Waals surface area contributed by atoms with Gasteiger partial charge in [0, 0.05) is 19.7 Å². The summed E-state index contributed by atoms with van der Waals surface area (Å²) >= 11 is 0. The van der Waals surface area contributed by atoms with Crippen molar-refractivity contribution >= 4 is 5.91 Å². The Kier molecular flexibility index (Phi) is 3.35. The summed E-state index contributed by atoms with van der Waals surface area (Å²) in [7, 11) is 3.38. The number of aromatic hydroxyl groups is 1. The third-order valence-electron chi connectivity index (χ3n) is 2.31. The fourth-order valence-electron chi connectivity index (χ4n) is 1.42. The predicted octanol–water partition coefficient (Wildman–Crippen LogP) is 2.22. The molecule has 0 aromatic heterocycles.